The van der Waals surface area contributed by atoms with Crippen molar-refractivity contribution in [3.63, 3.8) is 0 Å². The summed E-state index contributed by atoms with van der Waals surface area (Å²) < 4.78 is 1.01. The number of hydrogen-bond acceptors (Lipinski definition) is 3. The van der Waals surface area contributed by atoms with Gasteiger partial charge in [0.05, 0.1) is 10.3 Å². The molecule has 4 nitrogen and oxygen atoms in total. The van der Waals surface area contributed by atoms with E-state index in [1.807, 2.05) is 32.9 Å². The first-order valence-corrected chi connectivity index (χ1v) is 7.39. The molecule has 0 radical (unpaired) electrons. The lowest BCUT2D eigenvalue weighted by atomic mass is 10.1. The molecule has 1 heterocycles. The normalized spacial score (nSPS) is 11.6. The van der Waals surface area contributed by atoms with Crippen molar-refractivity contribution in [2.45, 2.75) is 26.3 Å². The highest BCUT2D eigenvalue weighted by Crippen LogP contribution is 2.22. The Balaban J connectivity index is 2.36. The van der Waals surface area contributed by atoms with E-state index in [1.165, 1.54) is 17.4 Å². The third-order valence-corrected chi connectivity index (χ3v) is 3.52. The predicted molar refractivity (Wildman–Crippen MR) is 82.0 cm³/mol. The zero-order chi connectivity index (χ0) is 14.5. The van der Waals surface area contributed by atoms with E-state index in [9.17, 15) is 9.59 Å². The second kappa shape index (κ2) is 6.86. The van der Waals surface area contributed by atoms with Gasteiger partial charge in [-0.2, -0.15) is 0 Å². The monoisotopic (exact) mass is 344 g/mol. The number of halogens is 1. The second-order valence-electron chi connectivity index (χ2n) is 4.99. The summed E-state index contributed by atoms with van der Waals surface area (Å²) in [4.78, 5) is 24.0. The largest absolute Gasteiger partial charge is 0.350 e. The van der Waals surface area contributed by atoms with E-state index < -0.39 is 0 Å². The van der Waals surface area contributed by atoms with E-state index in [2.05, 4.69) is 26.6 Å². The van der Waals surface area contributed by atoms with Crippen molar-refractivity contribution in [1.82, 2.24) is 10.6 Å². The quantitative estimate of drug-likeness (QED) is 0.824. The average molecular weight is 345 g/mol. The van der Waals surface area contributed by atoms with Crippen molar-refractivity contribution in [2.75, 3.05) is 6.54 Å². The van der Waals surface area contributed by atoms with Crippen molar-refractivity contribution < 1.29 is 9.59 Å². The Morgan fingerprint density at radius 2 is 2.05 bits per heavy atom. The van der Waals surface area contributed by atoms with Gasteiger partial charge >= 0.3 is 0 Å². The molecule has 19 heavy (non-hydrogen) atoms. The lowest BCUT2D eigenvalue weighted by Crippen LogP contribution is -2.45. The molecule has 0 unspecified atom stereocenters. The average Bonchev–Trinajstić information content (AvgIpc) is 2.67. The van der Waals surface area contributed by atoms with Gasteiger partial charge < -0.3 is 10.6 Å². The molecule has 0 atom stereocenters. The highest BCUT2D eigenvalue weighted by atomic mass is 79.9. The lowest BCUT2D eigenvalue weighted by molar-refractivity contribution is -0.124. The van der Waals surface area contributed by atoms with Crippen molar-refractivity contribution >= 4 is 45.2 Å². The lowest BCUT2D eigenvalue weighted by Gasteiger charge is -2.20. The Labute approximate surface area is 125 Å². The Hall–Kier alpha value is -1.14. The fraction of sp³-hybridized carbons (Fsp3) is 0.385. The van der Waals surface area contributed by atoms with Crippen molar-refractivity contribution in [3.05, 3.63) is 26.9 Å². The first-order chi connectivity index (χ1) is 8.76. The van der Waals surface area contributed by atoms with Crippen LogP contribution in [0.15, 0.2) is 22.0 Å². The first kappa shape index (κ1) is 15.9. The minimum absolute atomic E-state index is 0.0193. The minimum atomic E-state index is -0.291. The number of carbonyl (C=O) groups excluding carboxylic acids is 2. The maximum Gasteiger partial charge on any atom is 0.244 e. The molecule has 1 rings (SSSR count). The van der Waals surface area contributed by atoms with Crippen LogP contribution in [0.1, 0.15) is 25.6 Å². The van der Waals surface area contributed by atoms with Crippen LogP contribution in [0.4, 0.5) is 0 Å². The summed E-state index contributed by atoms with van der Waals surface area (Å²) in [5.74, 6) is -0.485. The number of hydrogen-bond donors (Lipinski definition) is 2. The van der Waals surface area contributed by atoms with Gasteiger partial charge in [0, 0.05) is 16.5 Å². The van der Waals surface area contributed by atoms with Gasteiger partial charge in [-0.15, -0.1) is 11.3 Å². The van der Waals surface area contributed by atoms with Gasteiger partial charge in [-0.1, -0.05) is 0 Å². The van der Waals surface area contributed by atoms with Gasteiger partial charge in [0.1, 0.15) is 0 Å². The molecule has 0 aliphatic rings. The Morgan fingerprint density at radius 1 is 1.37 bits per heavy atom. The van der Waals surface area contributed by atoms with Crippen LogP contribution in [0.3, 0.4) is 0 Å². The summed E-state index contributed by atoms with van der Waals surface area (Å²) >= 11 is 4.88. The van der Waals surface area contributed by atoms with Crippen LogP contribution >= 0.6 is 27.3 Å². The molecule has 0 aliphatic carbocycles. The fourth-order valence-corrected chi connectivity index (χ4v) is 2.59. The van der Waals surface area contributed by atoms with Gasteiger partial charge in [-0.25, -0.2) is 0 Å². The highest BCUT2D eigenvalue weighted by Gasteiger charge is 2.13. The summed E-state index contributed by atoms with van der Waals surface area (Å²) in [5, 5.41) is 5.31. The van der Waals surface area contributed by atoms with E-state index >= 15 is 0 Å². The molecule has 2 amide bonds. The van der Waals surface area contributed by atoms with Gasteiger partial charge in [0.2, 0.25) is 11.8 Å². The number of carbonyl (C=O) groups is 2. The maximum absolute atomic E-state index is 11.5. The van der Waals surface area contributed by atoms with E-state index in [0.29, 0.717) is 0 Å². The fourth-order valence-electron chi connectivity index (χ4n) is 1.26. The molecule has 0 bridgehead atoms. The first-order valence-electron chi connectivity index (χ1n) is 5.78. The standard InChI is InChI=1S/C13H17BrN2O2S/c1-13(2,3)16-12(18)8-15-11(17)7-5-9-4-6-10(14)19-9/h4-7H,8H2,1-3H3,(H,15,17)(H,16,18). The van der Waals surface area contributed by atoms with Gasteiger partial charge in [-0.05, 0) is 54.9 Å². The van der Waals surface area contributed by atoms with Crippen LogP contribution in [0.25, 0.3) is 6.08 Å². The molecule has 0 saturated carbocycles. The molecular formula is C13H17BrN2O2S. The summed E-state index contributed by atoms with van der Waals surface area (Å²) in [6, 6.07) is 3.82. The summed E-state index contributed by atoms with van der Waals surface area (Å²) in [5.41, 5.74) is -0.291. The van der Waals surface area contributed by atoms with Crippen LogP contribution in [0.2, 0.25) is 0 Å². The van der Waals surface area contributed by atoms with Crippen molar-refractivity contribution in [1.29, 1.82) is 0 Å². The van der Waals surface area contributed by atoms with Crippen LogP contribution in [-0.2, 0) is 9.59 Å². The number of thiophene rings is 1. The molecule has 1 aromatic heterocycles. The van der Waals surface area contributed by atoms with E-state index in [-0.39, 0.29) is 23.9 Å². The smallest absolute Gasteiger partial charge is 0.244 e. The Bertz CT molecular complexity index is 489. The van der Waals surface area contributed by atoms with Crippen LogP contribution < -0.4 is 10.6 Å². The molecule has 1 aromatic rings. The molecular weight excluding hydrogens is 328 g/mol. The van der Waals surface area contributed by atoms with E-state index in [0.717, 1.165) is 8.66 Å². The molecule has 0 aliphatic heterocycles. The third kappa shape index (κ3) is 7.12. The SMILES string of the molecule is CC(C)(C)NC(=O)CNC(=O)C=Cc1ccc(Br)s1. The predicted octanol–water partition coefficient (Wildman–Crippen LogP) is 2.55. The summed E-state index contributed by atoms with van der Waals surface area (Å²) in [6.45, 7) is 5.65. The Morgan fingerprint density at radius 3 is 2.58 bits per heavy atom. The molecule has 104 valence electrons. The molecule has 0 aromatic carbocycles. The van der Waals surface area contributed by atoms with Gasteiger partial charge in [0.15, 0.2) is 0 Å². The van der Waals surface area contributed by atoms with Crippen molar-refractivity contribution in [3.8, 4) is 0 Å². The molecule has 6 heteroatoms. The zero-order valence-electron chi connectivity index (χ0n) is 11.1. The Kier molecular flexibility index (Phi) is 5.75. The second-order valence-corrected chi connectivity index (χ2v) is 7.49. The third-order valence-electron chi connectivity index (χ3n) is 1.93. The number of amides is 2. The van der Waals surface area contributed by atoms with Crippen molar-refractivity contribution in [2.24, 2.45) is 0 Å². The number of rotatable bonds is 4. The zero-order valence-corrected chi connectivity index (χ0v) is 13.5. The number of nitrogens with one attached hydrogen (secondary N) is 2. The van der Waals surface area contributed by atoms with Gasteiger partial charge in [-0.3, -0.25) is 9.59 Å². The van der Waals surface area contributed by atoms with Crippen LogP contribution in [0, 0.1) is 0 Å². The minimum Gasteiger partial charge on any atom is -0.350 e. The van der Waals surface area contributed by atoms with E-state index in [4.69, 9.17) is 0 Å². The van der Waals surface area contributed by atoms with Gasteiger partial charge in [0.25, 0.3) is 0 Å². The van der Waals surface area contributed by atoms with E-state index in [1.54, 1.807) is 6.08 Å². The molecule has 0 fully saturated rings. The summed E-state index contributed by atoms with van der Waals surface area (Å²) in [7, 11) is 0. The highest BCUT2D eigenvalue weighted by molar-refractivity contribution is 9.11. The molecule has 0 spiro atoms. The molecule has 2 N–H and O–H groups in total. The van der Waals surface area contributed by atoms with Crippen LogP contribution in [-0.4, -0.2) is 23.9 Å². The summed E-state index contributed by atoms with van der Waals surface area (Å²) in [6.07, 6.45) is 3.13. The molecule has 0 saturated heterocycles. The maximum atomic E-state index is 11.5. The topological polar surface area (TPSA) is 58.2 Å². The van der Waals surface area contributed by atoms with Crippen LogP contribution in [0.5, 0.6) is 0 Å².